The number of carbonyl (C=O) groups excluding carboxylic acids is 1. The molecule has 1 fully saturated rings. The van der Waals surface area contributed by atoms with Crippen LogP contribution in [0.15, 0.2) is 48.5 Å². The Morgan fingerprint density at radius 1 is 1.25 bits per heavy atom. The van der Waals surface area contributed by atoms with Crippen LogP contribution in [-0.4, -0.2) is 44.9 Å². The van der Waals surface area contributed by atoms with Crippen molar-refractivity contribution in [3.63, 3.8) is 0 Å². The average Bonchev–Trinajstić information content (AvgIpc) is 3.23. The molecule has 5 heteroatoms. The highest BCUT2D eigenvalue weighted by Crippen LogP contribution is 2.20. The summed E-state index contributed by atoms with van der Waals surface area (Å²) in [6, 6.07) is 15.8. The van der Waals surface area contributed by atoms with E-state index in [0.717, 1.165) is 32.5 Å². The first kappa shape index (κ1) is 20.2. The van der Waals surface area contributed by atoms with Crippen molar-refractivity contribution in [2.75, 3.05) is 37.7 Å². The van der Waals surface area contributed by atoms with Gasteiger partial charge in [-0.1, -0.05) is 24.3 Å². The molecule has 1 amide bonds. The van der Waals surface area contributed by atoms with E-state index in [0.29, 0.717) is 24.5 Å². The summed E-state index contributed by atoms with van der Waals surface area (Å²) in [5.74, 6) is 0.504. The van der Waals surface area contributed by atoms with Crippen LogP contribution in [0.5, 0.6) is 5.75 Å². The molecule has 5 nitrogen and oxygen atoms in total. The van der Waals surface area contributed by atoms with Crippen molar-refractivity contribution in [2.24, 2.45) is 0 Å². The summed E-state index contributed by atoms with van der Waals surface area (Å²) in [6.07, 6.45) is 2.22. The predicted octanol–water partition coefficient (Wildman–Crippen LogP) is 3.81. The quantitative estimate of drug-likeness (QED) is 0.717. The molecule has 0 aliphatic carbocycles. The lowest BCUT2D eigenvalue weighted by Gasteiger charge is -2.23. The Labute approximate surface area is 167 Å². The van der Waals surface area contributed by atoms with Crippen LogP contribution < -0.4 is 15.0 Å². The molecule has 150 valence electrons. The van der Waals surface area contributed by atoms with Crippen LogP contribution in [0.25, 0.3) is 0 Å². The first-order valence-electron chi connectivity index (χ1n) is 10.1. The van der Waals surface area contributed by atoms with E-state index in [1.54, 1.807) is 6.07 Å². The largest absolute Gasteiger partial charge is 0.490 e. The molecule has 3 rings (SSSR count). The molecule has 1 N–H and O–H groups in total. The summed E-state index contributed by atoms with van der Waals surface area (Å²) in [7, 11) is 0. The SMILES string of the molecule is CCN(CCNC(=O)c1ccccc1OCC1CCCO1)c1cccc(C)c1. The van der Waals surface area contributed by atoms with Crippen LogP contribution in [0.2, 0.25) is 0 Å². The summed E-state index contributed by atoms with van der Waals surface area (Å²) in [5.41, 5.74) is 2.98. The topological polar surface area (TPSA) is 50.8 Å². The smallest absolute Gasteiger partial charge is 0.255 e. The fraction of sp³-hybridized carbons (Fsp3) is 0.435. The zero-order chi connectivity index (χ0) is 19.8. The van der Waals surface area contributed by atoms with Crippen LogP contribution >= 0.6 is 0 Å². The van der Waals surface area contributed by atoms with Crippen molar-refractivity contribution in [3.8, 4) is 5.75 Å². The molecule has 1 aliphatic rings. The molecule has 2 aromatic carbocycles. The van der Waals surface area contributed by atoms with Crippen LogP contribution in [0, 0.1) is 6.92 Å². The summed E-state index contributed by atoms with van der Waals surface area (Å²) >= 11 is 0. The highest BCUT2D eigenvalue weighted by atomic mass is 16.5. The first-order chi connectivity index (χ1) is 13.7. The van der Waals surface area contributed by atoms with E-state index in [-0.39, 0.29) is 12.0 Å². The van der Waals surface area contributed by atoms with Gasteiger partial charge in [-0.05, 0) is 56.5 Å². The zero-order valence-corrected chi connectivity index (χ0v) is 16.8. The van der Waals surface area contributed by atoms with Gasteiger partial charge in [0.2, 0.25) is 0 Å². The number of hydrogen-bond acceptors (Lipinski definition) is 4. The minimum Gasteiger partial charge on any atom is -0.490 e. The standard InChI is InChI=1S/C23H30N2O3/c1-3-25(19-9-6-8-18(2)16-19)14-13-24-23(26)21-11-4-5-12-22(21)28-17-20-10-7-15-27-20/h4-6,8-9,11-12,16,20H,3,7,10,13-15,17H2,1-2H3,(H,24,26). The Hall–Kier alpha value is -2.53. The van der Waals surface area contributed by atoms with E-state index in [1.165, 1.54) is 11.3 Å². The number of benzene rings is 2. The molecule has 1 heterocycles. The third-order valence-corrected chi connectivity index (χ3v) is 5.00. The van der Waals surface area contributed by atoms with Gasteiger partial charge in [0, 0.05) is 31.9 Å². The van der Waals surface area contributed by atoms with Gasteiger partial charge < -0.3 is 19.7 Å². The number of ether oxygens (including phenoxy) is 2. The van der Waals surface area contributed by atoms with E-state index < -0.39 is 0 Å². The number of amides is 1. The fourth-order valence-electron chi connectivity index (χ4n) is 3.43. The minimum absolute atomic E-state index is 0.108. The number of para-hydroxylation sites is 1. The molecule has 2 aromatic rings. The Morgan fingerprint density at radius 2 is 2.11 bits per heavy atom. The number of carbonyl (C=O) groups is 1. The van der Waals surface area contributed by atoms with E-state index >= 15 is 0 Å². The molecule has 0 bridgehead atoms. The van der Waals surface area contributed by atoms with Gasteiger partial charge in [0.1, 0.15) is 12.4 Å². The van der Waals surface area contributed by atoms with Crippen LogP contribution in [0.4, 0.5) is 5.69 Å². The van der Waals surface area contributed by atoms with Crippen LogP contribution in [0.3, 0.4) is 0 Å². The third-order valence-electron chi connectivity index (χ3n) is 5.00. The van der Waals surface area contributed by atoms with Crippen molar-refractivity contribution in [3.05, 3.63) is 59.7 Å². The summed E-state index contributed by atoms with van der Waals surface area (Å²) < 4.78 is 11.5. The van der Waals surface area contributed by atoms with E-state index in [2.05, 4.69) is 48.3 Å². The normalized spacial score (nSPS) is 16.0. The van der Waals surface area contributed by atoms with Crippen molar-refractivity contribution in [1.82, 2.24) is 5.32 Å². The summed E-state index contributed by atoms with van der Waals surface area (Å²) in [6.45, 7) is 7.71. The lowest BCUT2D eigenvalue weighted by Crippen LogP contribution is -2.35. The van der Waals surface area contributed by atoms with E-state index in [1.807, 2.05) is 18.2 Å². The summed E-state index contributed by atoms with van der Waals surface area (Å²) in [5, 5.41) is 3.02. The number of rotatable bonds is 9. The van der Waals surface area contributed by atoms with Crippen molar-refractivity contribution in [1.29, 1.82) is 0 Å². The first-order valence-corrected chi connectivity index (χ1v) is 10.1. The molecule has 0 saturated carbocycles. The Morgan fingerprint density at radius 3 is 2.86 bits per heavy atom. The van der Waals surface area contributed by atoms with Crippen molar-refractivity contribution in [2.45, 2.75) is 32.8 Å². The molecule has 0 spiro atoms. The molecule has 1 unspecified atom stereocenters. The van der Waals surface area contributed by atoms with Gasteiger partial charge in [-0.15, -0.1) is 0 Å². The molecule has 1 saturated heterocycles. The molecular formula is C23H30N2O3. The molecule has 0 aromatic heterocycles. The highest BCUT2D eigenvalue weighted by Gasteiger charge is 2.18. The van der Waals surface area contributed by atoms with Gasteiger partial charge >= 0.3 is 0 Å². The number of anilines is 1. The Bertz CT molecular complexity index is 772. The Balaban J connectivity index is 1.54. The van der Waals surface area contributed by atoms with Crippen LogP contribution in [-0.2, 0) is 4.74 Å². The minimum atomic E-state index is -0.108. The molecule has 1 atom stereocenters. The number of aryl methyl sites for hydroxylation is 1. The maximum atomic E-state index is 12.7. The predicted molar refractivity (Wildman–Crippen MR) is 112 cm³/mol. The number of hydrogen-bond donors (Lipinski definition) is 1. The second-order valence-corrected chi connectivity index (χ2v) is 7.12. The lowest BCUT2D eigenvalue weighted by atomic mass is 10.2. The van der Waals surface area contributed by atoms with Crippen LogP contribution in [0.1, 0.15) is 35.7 Å². The van der Waals surface area contributed by atoms with Gasteiger partial charge in [-0.2, -0.15) is 0 Å². The summed E-state index contributed by atoms with van der Waals surface area (Å²) in [4.78, 5) is 14.9. The monoisotopic (exact) mass is 382 g/mol. The maximum Gasteiger partial charge on any atom is 0.255 e. The second kappa shape index (κ2) is 10.1. The van der Waals surface area contributed by atoms with Gasteiger partial charge in [0.05, 0.1) is 11.7 Å². The highest BCUT2D eigenvalue weighted by molar-refractivity contribution is 5.96. The van der Waals surface area contributed by atoms with Gasteiger partial charge in [-0.3, -0.25) is 4.79 Å². The molecule has 0 radical (unpaired) electrons. The number of likely N-dealkylation sites (N-methyl/N-ethyl adjacent to an activating group) is 1. The maximum absolute atomic E-state index is 12.7. The van der Waals surface area contributed by atoms with Gasteiger partial charge in [0.25, 0.3) is 5.91 Å². The van der Waals surface area contributed by atoms with E-state index in [4.69, 9.17) is 9.47 Å². The van der Waals surface area contributed by atoms with Crippen molar-refractivity contribution >= 4 is 11.6 Å². The molecular weight excluding hydrogens is 352 g/mol. The second-order valence-electron chi connectivity index (χ2n) is 7.12. The lowest BCUT2D eigenvalue weighted by molar-refractivity contribution is 0.0670. The molecule has 1 aliphatic heterocycles. The van der Waals surface area contributed by atoms with Gasteiger partial charge in [-0.25, -0.2) is 0 Å². The zero-order valence-electron chi connectivity index (χ0n) is 16.8. The Kier molecular flexibility index (Phi) is 7.31. The molecule has 28 heavy (non-hydrogen) atoms. The van der Waals surface area contributed by atoms with Crippen molar-refractivity contribution < 1.29 is 14.3 Å². The number of nitrogens with zero attached hydrogens (tertiary/aromatic N) is 1. The number of nitrogens with one attached hydrogen (secondary N) is 1. The third kappa shape index (κ3) is 5.49. The van der Waals surface area contributed by atoms with Gasteiger partial charge in [0.15, 0.2) is 0 Å². The fourth-order valence-corrected chi connectivity index (χ4v) is 3.43. The van der Waals surface area contributed by atoms with E-state index in [9.17, 15) is 4.79 Å². The average molecular weight is 383 g/mol.